The molecule has 30 heavy (non-hydrogen) atoms. The molecule has 162 valence electrons. The number of benzene rings is 2. The second-order valence-electron chi connectivity index (χ2n) is 7.85. The smallest absolute Gasteiger partial charge is 0.191 e. The number of aliphatic imine (C=N–C) groups is 1. The van der Waals surface area contributed by atoms with Gasteiger partial charge in [0.15, 0.2) is 5.96 Å². The lowest BCUT2D eigenvalue weighted by molar-refractivity contribution is 0.187. The lowest BCUT2D eigenvalue weighted by Gasteiger charge is -2.21. The number of methoxy groups -OCH3 is 1. The monoisotopic (exact) mass is 410 g/mol. The van der Waals surface area contributed by atoms with E-state index in [4.69, 9.17) is 4.74 Å². The van der Waals surface area contributed by atoms with Crippen molar-refractivity contribution in [1.29, 1.82) is 0 Å². The molecule has 1 aliphatic rings. The summed E-state index contributed by atoms with van der Waals surface area (Å²) in [5.74, 6) is 1.53. The van der Waals surface area contributed by atoms with Crippen LogP contribution in [-0.2, 0) is 6.54 Å². The van der Waals surface area contributed by atoms with E-state index >= 15 is 0 Å². The Kier molecular flexibility index (Phi) is 8.11. The lowest BCUT2D eigenvalue weighted by Crippen LogP contribution is -2.44. The van der Waals surface area contributed by atoms with Gasteiger partial charge in [0.25, 0.3) is 0 Å². The van der Waals surface area contributed by atoms with Gasteiger partial charge in [0.2, 0.25) is 0 Å². The molecule has 1 fully saturated rings. The number of hydrogen-bond acceptors (Lipinski definition) is 4. The molecule has 6 heteroatoms. The molecule has 0 bridgehead atoms. The van der Waals surface area contributed by atoms with E-state index in [-0.39, 0.29) is 0 Å². The van der Waals surface area contributed by atoms with Crippen molar-refractivity contribution < 1.29 is 9.84 Å². The number of nitrogens with one attached hydrogen (secondary N) is 2. The molecular formula is C24H34N4O2. The summed E-state index contributed by atoms with van der Waals surface area (Å²) in [6.45, 7) is 7.35. The molecule has 6 nitrogen and oxygen atoms in total. The van der Waals surface area contributed by atoms with E-state index in [9.17, 15) is 5.11 Å². The first-order chi connectivity index (χ1) is 14.6. The minimum atomic E-state index is -0.650. The molecule has 3 atom stereocenters. The van der Waals surface area contributed by atoms with Crippen molar-refractivity contribution >= 4 is 5.96 Å². The van der Waals surface area contributed by atoms with E-state index < -0.39 is 6.10 Å². The zero-order valence-electron chi connectivity index (χ0n) is 18.2. The Balaban J connectivity index is 1.56. The minimum absolute atomic E-state index is 0.303. The summed E-state index contributed by atoms with van der Waals surface area (Å²) in [6.07, 6.45) is 0.418. The van der Waals surface area contributed by atoms with Gasteiger partial charge in [0.05, 0.1) is 19.8 Å². The van der Waals surface area contributed by atoms with Crippen molar-refractivity contribution in [3.8, 4) is 5.75 Å². The standard InChI is InChI=1S/C24H34N4O2/c1-4-25-24(26-15-23(29)20-10-12-22(30-3)13-11-20)27-21-14-18(2)28(17-21)16-19-8-6-5-7-9-19/h5-13,18,21,23,29H,4,14-17H2,1-3H3,(H2,25,26,27). The fourth-order valence-electron chi connectivity index (χ4n) is 3.86. The number of likely N-dealkylation sites (tertiary alicyclic amines) is 1. The van der Waals surface area contributed by atoms with Gasteiger partial charge in [-0.05, 0) is 43.5 Å². The highest BCUT2D eigenvalue weighted by atomic mass is 16.5. The van der Waals surface area contributed by atoms with E-state index in [0.717, 1.165) is 43.3 Å². The topological polar surface area (TPSA) is 69.1 Å². The summed E-state index contributed by atoms with van der Waals surface area (Å²) in [4.78, 5) is 7.13. The third kappa shape index (κ3) is 6.21. The average molecular weight is 411 g/mol. The van der Waals surface area contributed by atoms with E-state index in [0.29, 0.717) is 18.6 Å². The lowest BCUT2D eigenvalue weighted by atomic mass is 10.1. The predicted molar refractivity (Wildman–Crippen MR) is 122 cm³/mol. The summed E-state index contributed by atoms with van der Waals surface area (Å²) in [6, 6.07) is 18.9. The number of aliphatic hydroxyl groups excluding tert-OH is 1. The quantitative estimate of drug-likeness (QED) is 0.461. The molecule has 0 amide bonds. The summed E-state index contributed by atoms with van der Waals surface area (Å²) in [7, 11) is 1.63. The zero-order valence-corrected chi connectivity index (χ0v) is 18.2. The van der Waals surface area contributed by atoms with Crippen LogP contribution in [0.15, 0.2) is 59.6 Å². The molecule has 1 heterocycles. The fourth-order valence-corrected chi connectivity index (χ4v) is 3.86. The van der Waals surface area contributed by atoms with Crippen LogP contribution >= 0.6 is 0 Å². The van der Waals surface area contributed by atoms with E-state index in [2.05, 4.69) is 64.7 Å². The molecule has 0 spiro atoms. The average Bonchev–Trinajstić information content (AvgIpc) is 3.11. The highest BCUT2D eigenvalue weighted by molar-refractivity contribution is 5.80. The fraction of sp³-hybridized carbons (Fsp3) is 0.458. The first-order valence-corrected chi connectivity index (χ1v) is 10.7. The van der Waals surface area contributed by atoms with Crippen LogP contribution in [0.2, 0.25) is 0 Å². The molecule has 1 saturated heterocycles. The molecule has 3 unspecified atom stereocenters. The molecule has 0 aromatic heterocycles. The van der Waals surface area contributed by atoms with Crippen LogP contribution in [-0.4, -0.2) is 54.8 Å². The van der Waals surface area contributed by atoms with Gasteiger partial charge in [-0.3, -0.25) is 9.89 Å². The number of aliphatic hydroxyl groups is 1. The number of guanidine groups is 1. The molecule has 3 N–H and O–H groups in total. The maximum Gasteiger partial charge on any atom is 0.191 e. The van der Waals surface area contributed by atoms with Crippen LogP contribution < -0.4 is 15.4 Å². The summed E-state index contributed by atoms with van der Waals surface area (Å²) < 4.78 is 5.17. The summed E-state index contributed by atoms with van der Waals surface area (Å²) >= 11 is 0. The van der Waals surface area contributed by atoms with E-state index in [1.165, 1.54) is 5.56 Å². The van der Waals surface area contributed by atoms with Crippen LogP contribution in [0.5, 0.6) is 5.75 Å². The van der Waals surface area contributed by atoms with Gasteiger partial charge in [-0.2, -0.15) is 0 Å². The third-order valence-corrected chi connectivity index (χ3v) is 5.54. The van der Waals surface area contributed by atoms with Crippen molar-refractivity contribution in [2.75, 3.05) is 26.7 Å². The van der Waals surface area contributed by atoms with E-state index in [1.807, 2.05) is 24.3 Å². The Morgan fingerprint density at radius 2 is 1.93 bits per heavy atom. The first-order valence-electron chi connectivity index (χ1n) is 10.7. The van der Waals surface area contributed by atoms with Gasteiger partial charge in [0.1, 0.15) is 5.75 Å². The van der Waals surface area contributed by atoms with Crippen molar-refractivity contribution in [3.05, 3.63) is 65.7 Å². The first kappa shape index (κ1) is 22.1. The maximum absolute atomic E-state index is 10.5. The normalized spacial score (nSPS) is 20.7. The Bertz CT molecular complexity index is 795. The van der Waals surface area contributed by atoms with Crippen LogP contribution in [0.4, 0.5) is 0 Å². The van der Waals surface area contributed by atoms with Gasteiger partial charge in [-0.25, -0.2) is 0 Å². The Labute approximate surface area is 180 Å². The molecule has 1 aliphatic heterocycles. The molecule has 3 rings (SSSR count). The highest BCUT2D eigenvalue weighted by Crippen LogP contribution is 2.21. The molecular weight excluding hydrogens is 376 g/mol. The van der Waals surface area contributed by atoms with Crippen LogP contribution in [0.3, 0.4) is 0 Å². The molecule has 2 aromatic carbocycles. The SMILES string of the molecule is CCNC(=NCC(O)c1ccc(OC)cc1)NC1CC(C)N(Cc2ccccc2)C1. The second kappa shape index (κ2) is 11.0. The van der Waals surface area contributed by atoms with E-state index in [1.54, 1.807) is 7.11 Å². The van der Waals surface area contributed by atoms with Crippen LogP contribution in [0.1, 0.15) is 37.5 Å². The number of rotatable bonds is 8. The third-order valence-electron chi connectivity index (χ3n) is 5.54. The number of nitrogens with zero attached hydrogens (tertiary/aromatic N) is 2. The van der Waals surface area contributed by atoms with Crippen LogP contribution in [0.25, 0.3) is 0 Å². The number of hydrogen-bond donors (Lipinski definition) is 3. The minimum Gasteiger partial charge on any atom is -0.497 e. The maximum atomic E-state index is 10.5. The Hall–Kier alpha value is -2.57. The molecule has 0 aliphatic carbocycles. The molecule has 0 saturated carbocycles. The van der Waals surface area contributed by atoms with Gasteiger partial charge in [-0.15, -0.1) is 0 Å². The van der Waals surface area contributed by atoms with Crippen molar-refractivity contribution in [2.24, 2.45) is 4.99 Å². The van der Waals surface area contributed by atoms with Crippen molar-refractivity contribution in [1.82, 2.24) is 15.5 Å². The number of ether oxygens (including phenoxy) is 1. The van der Waals surface area contributed by atoms with Gasteiger partial charge in [0, 0.05) is 31.7 Å². The summed E-state index contributed by atoms with van der Waals surface area (Å²) in [5, 5.41) is 17.4. The Morgan fingerprint density at radius 1 is 1.20 bits per heavy atom. The van der Waals surface area contributed by atoms with Crippen molar-refractivity contribution in [2.45, 2.75) is 45.0 Å². The van der Waals surface area contributed by atoms with Crippen molar-refractivity contribution in [3.63, 3.8) is 0 Å². The largest absolute Gasteiger partial charge is 0.497 e. The van der Waals surface area contributed by atoms with Gasteiger partial charge in [-0.1, -0.05) is 42.5 Å². The van der Waals surface area contributed by atoms with Gasteiger partial charge >= 0.3 is 0 Å². The molecule has 0 radical (unpaired) electrons. The second-order valence-corrected chi connectivity index (χ2v) is 7.85. The van der Waals surface area contributed by atoms with Gasteiger partial charge < -0.3 is 20.5 Å². The zero-order chi connectivity index (χ0) is 21.3. The van der Waals surface area contributed by atoms with Crippen LogP contribution in [0, 0.1) is 0 Å². The summed E-state index contributed by atoms with van der Waals surface area (Å²) in [5.41, 5.74) is 2.17. The highest BCUT2D eigenvalue weighted by Gasteiger charge is 2.29. The molecule has 2 aromatic rings. The predicted octanol–water partition coefficient (Wildman–Crippen LogP) is 2.95. The Morgan fingerprint density at radius 3 is 2.60 bits per heavy atom.